The summed E-state index contributed by atoms with van der Waals surface area (Å²) in [5.74, 6) is -1.17. The quantitative estimate of drug-likeness (QED) is 0.744. The molecule has 0 saturated heterocycles. The van der Waals surface area contributed by atoms with Gasteiger partial charge in [-0.25, -0.2) is 13.9 Å². The molecule has 0 unspecified atom stereocenters. The lowest BCUT2D eigenvalue weighted by Gasteiger charge is -2.24. The highest BCUT2D eigenvalue weighted by atomic mass is 19.1. The number of benzene rings is 2. The minimum Gasteiger partial charge on any atom is -0.478 e. The Hall–Kier alpha value is -3.48. The number of fused-ring (bicyclic) bond motifs is 1. The summed E-state index contributed by atoms with van der Waals surface area (Å²) in [6.07, 6.45) is 0.245. The van der Waals surface area contributed by atoms with E-state index in [2.05, 4.69) is 10.4 Å². The second-order valence-corrected chi connectivity index (χ2v) is 6.47. The van der Waals surface area contributed by atoms with Gasteiger partial charge in [-0.1, -0.05) is 12.1 Å². The fourth-order valence-electron chi connectivity index (χ4n) is 3.46. The van der Waals surface area contributed by atoms with E-state index in [-0.39, 0.29) is 29.6 Å². The summed E-state index contributed by atoms with van der Waals surface area (Å²) >= 11 is 0. The lowest BCUT2D eigenvalue weighted by atomic mass is 9.85. The smallest absolute Gasteiger partial charge is 0.335 e. The highest BCUT2D eigenvalue weighted by molar-refractivity contribution is 5.95. The van der Waals surface area contributed by atoms with Crippen LogP contribution < -0.4 is 5.32 Å². The molecule has 3 aromatic rings. The van der Waals surface area contributed by atoms with Crippen molar-refractivity contribution in [3.63, 3.8) is 0 Å². The predicted octanol–water partition coefficient (Wildman–Crippen LogP) is 3.49. The number of carboxylic acids is 1. The van der Waals surface area contributed by atoms with Crippen LogP contribution in [0, 0.1) is 12.7 Å². The Balaban J connectivity index is 1.81. The van der Waals surface area contributed by atoms with E-state index >= 15 is 0 Å². The van der Waals surface area contributed by atoms with Gasteiger partial charge in [0.25, 0.3) is 0 Å². The third-order valence-electron chi connectivity index (χ3n) is 4.73. The van der Waals surface area contributed by atoms with E-state index in [9.17, 15) is 14.0 Å². The van der Waals surface area contributed by atoms with Crippen LogP contribution in [-0.2, 0) is 4.79 Å². The van der Waals surface area contributed by atoms with E-state index in [1.54, 1.807) is 28.9 Å². The molecule has 0 bridgehead atoms. The van der Waals surface area contributed by atoms with Gasteiger partial charge < -0.3 is 10.4 Å². The highest BCUT2D eigenvalue weighted by Gasteiger charge is 2.32. The normalized spacial score (nSPS) is 15.9. The summed E-state index contributed by atoms with van der Waals surface area (Å²) in [5.41, 5.74) is 3.31. The number of carbonyl (C=O) groups excluding carboxylic acids is 1. The van der Waals surface area contributed by atoms with Crippen molar-refractivity contribution in [2.75, 3.05) is 5.32 Å². The number of aromatic nitrogens is 2. The van der Waals surface area contributed by atoms with Crippen molar-refractivity contribution >= 4 is 17.7 Å². The van der Waals surface area contributed by atoms with Gasteiger partial charge >= 0.3 is 5.97 Å². The number of carboxylic acid groups (broad SMARTS) is 1. The molecular weight excluding hydrogens is 349 g/mol. The van der Waals surface area contributed by atoms with Gasteiger partial charge in [-0.05, 0) is 48.9 Å². The van der Waals surface area contributed by atoms with Gasteiger partial charge in [-0.2, -0.15) is 5.10 Å². The van der Waals surface area contributed by atoms with Crippen LogP contribution >= 0.6 is 0 Å². The number of nitrogens with one attached hydrogen (secondary N) is 1. The van der Waals surface area contributed by atoms with Gasteiger partial charge in [-0.15, -0.1) is 0 Å². The summed E-state index contributed by atoms with van der Waals surface area (Å²) in [6.45, 7) is 1.86. The molecule has 1 aromatic heterocycles. The zero-order valence-corrected chi connectivity index (χ0v) is 14.4. The van der Waals surface area contributed by atoms with E-state index in [1.165, 1.54) is 24.3 Å². The Morgan fingerprint density at radius 2 is 1.85 bits per heavy atom. The van der Waals surface area contributed by atoms with E-state index in [0.717, 1.165) is 16.8 Å². The van der Waals surface area contributed by atoms with Crippen LogP contribution in [0.15, 0.2) is 48.5 Å². The molecule has 1 aliphatic rings. The molecule has 2 aromatic carbocycles. The van der Waals surface area contributed by atoms with Crippen LogP contribution in [-0.4, -0.2) is 26.8 Å². The maximum atomic E-state index is 13.2. The standard InChI is InChI=1S/C20H16FN3O3/c1-11-18-16(12-2-4-13(5-3-12)20(26)27)10-17(25)22-19(18)24(23-11)15-8-6-14(21)7-9-15/h2-9,16H,10H2,1H3,(H,22,25)(H,26,27)/t16-/m1/s1. The molecular formula is C20H16FN3O3. The number of halogens is 1. The van der Waals surface area contributed by atoms with Crippen LogP contribution in [0.4, 0.5) is 10.2 Å². The zero-order valence-electron chi connectivity index (χ0n) is 14.4. The number of aryl methyl sites for hydroxylation is 1. The first-order chi connectivity index (χ1) is 12.9. The monoisotopic (exact) mass is 365 g/mol. The molecule has 1 aliphatic heterocycles. The van der Waals surface area contributed by atoms with Crippen molar-refractivity contribution in [1.82, 2.24) is 9.78 Å². The number of nitrogens with zero attached hydrogens (tertiary/aromatic N) is 2. The van der Waals surface area contributed by atoms with Crippen molar-refractivity contribution < 1.29 is 19.1 Å². The fourth-order valence-corrected chi connectivity index (χ4v) is 3.46. The van der Waals surface area contributed by atoms with Gasteiger partial charge in [0.2, 0.25) is 5.91 Å². The summed E-state index contributed by atoms with van der Waals surface area (Å²) in [6, 6.07) is 12.4. The summed E-state index contributed by atoms with van der Waals surface area (Å²) in [5, 5.41) is 16.5. The van der Waals surface area contributed by atoms with Gasteiger partial charge in [0.05, 0.1) is 16.9 Å². The summed E-state index contributed by atoms with van der Waals surface area (Å²) in [7, 11) is 0. The second-order valence-electron chi connectivity index (χ2n) is 6.47. The largest absolute Gasteiger partial charge is 0.478 e. The van der Waals surface area contributed by atoms with Gasteiger partial charge in [0.1, 0.15) is 11.6 Å². The molecule has 0 saturated carbocycles. The number of rotatable bonds is 3. The third-order valence-corrected chi connectivity index (χ3v) is 4.73. The number of anilines is 1. The molecule has 7 heteroatoms. The minimum absolute atomic E-state index is 0.155. The third kappa shape index (κ3) is 2.97. The highest BCUT2D eigenvalue weighted by Crippen LogP contribution is 2.40. The fraction of sp³-hybridized carbons (Fsp3) is 0.150. The van der Waals surface area contributed by atoms with Crippen LogP contribution in [0.1, 0.15) is 39.5 Å². The SMILES string of the molecule is Cc1nn(-c2ccc(F)cc2)c2c1[C@@H](c1ccc(C(=O)O)cc1)CC(=O)N2. The van der Waals surface area contributed by atoms with Crippen molar-refractivity contribution in [3.05, 3.63) is 76.7 Å². The van der Waals surface area contributed by atoms with Gasteiger partial charge in [0, 0.05) is 17.9 Å². The van der Waals surface area contributed by atoms with Crippen LogP contribution in [0.3, 0.4) is 0 Å². The summed E-state index contributed by atoms with van der Waals surface area (Å²) in [4.78, 5) is 23.4. The number of hydrogen-bond acceptors (Lipinski definition) is 3. The maximum Gasteiger partial charge on any atom is 0.335 e. The summed E-state index contributed by atoms with van der Waals surface area (Å²) < 4.78 is 14.8. The maximum absolute atomic E-state index is 13.2. The van der Waals surface area contributed by atoms with Crippen molar-refractivity contribution in [1.29, 1.82) is 0 Å². The zero-order chi connectivity index (χ0) is 19.1. The first kappa shape index (κ1) is 17.0. The first-order valence-electron chi connectivity index (χ1n) is 8.42. The molecule has 136 valence electrons. The molecule has 2 heterocycles. The topological polar surface area (TPSA) is 84.2 Å². The molecule has 2 N–H and O–H groups in total. The van der Waals surface area contributed by atoms with Crippen LogP contribution in [0.25, 0.3) is 5.69 Å². The van der Waals surface area contributed by atoms with E-state index in [0.29, 0.717) is 11.5 Å². The molecule has 4 rings (SSSR count). The van der Waals surface area contributed by atoms with Crippen molar-refractivity contribution in [2.24, 2.45) is 0 Å². The number of hydrogen-bond donors (Lipinski definition) is 2. The Bertz CT molecular complexity index is 1040. The Labute approximate surface area is 154 Å². The van der Waals surface area contributed by atoms with Gasteiger partial charge in [-0.3, -0.25) is 4.79 Å². The van der Waals surface area contributed by atoms with Crippen molar-refractivity contribution in [3.8, 4) is 5.69 Å². The van der Waals surface area contributed by atoms with E-state index in [4.69, 9.17) is 5.11 Å². The molecule has 1 amide bonds. The Morgan fingerprint density at radius 1 is 1.19 bits per heavy atom. The first-order valence-corrected chi connectivity index (χ1v) is 8.42. The minimum atomic E-state index is -0.996. The molecule has 6 nitrogen and oxygen atoms in total. The van der Waals surface area contributed by atoms with Crippen LogP contribution in [0.5, 0.6) is 0 Å². The second kappa shape index (κ2) is 6.35. The van der Waals surface area contributed by atoms with Crippen molar-refractivity contribution in [2.45, 2.75) is 19.3 Å². The number of aromatic carboxylic acids is 1. The van der Waals surface area contributed by atoms with Gasteiger partial charge in [0.15, 0.2) is 0 Å². The average Bonchev–Trinajstić information content (AvgIpc) is 2.98. The molecule has 27 heavy (non-hydrogen) atoms. The van der Waals surface area contributed by atoms with E-state index < -0.39 is 5.97 Å². The lowest BCUT2D eigenvalue weighted by molar-refractivity contribution is -0.116. The average molecular weight is 365 g/mol. The number of amides is 1. The lowest BCUT2D eigenvalue weighted by Crippen LogP contribution is -2.25. The molecule has 1 atom stereocenters. The van der Waals surface area contributed by atoms with Crippen LogP contribution in [0.2, 0.25) is 0 Å². The Morgan fingerprint density at radius 3 is 2.48 bits per heavy atom. The Kier molecular flexibility index (Phi) is 3.99. The molecule has 0 aliphatic carbocycles. The predicted molar refractivity (Wildman–Crippen MR) is 96.8 cm³/mol. The molecule has 0 radical (unpaired) electrons. The number of carbonyl (C=O) groups is 2. The molecule has 0 spiro atoms. The molecule has 0 fully saturated rings. The van der Waals surface area contributed by atoms with E-state index in [1.807, 2.05) is 6.92 Å².